The second-order valence-electron chi connectivity index (χ2n) is 6.24. The van der Waals surface area contributed by atoms with Crippen LogP contribution in [0.3, 0.4) is 0 Å². The molecule has 1 aliphatic rings. The van der Waals surface area contributed by atoms with Crippen LogP contribution in [-0.4, -0.2) is 58.7 Å². The monoisotopic (exact) mass is 390 g/mol. The van der Waals surface area contributed by atoms with Gasteiger partial charge in [-0.05, 0) is 43.3 Å². The Morgan fingerprint density at radius 2 is 1.56 bits per heavy atom. The van der Waals surface area contributed by atoms with Crippen molar-refractivity contribution >= 4 is 15.7 Å². The summed E-state index contributed by atoms with van der Waals surface area (Å²) in [5.41, 5.74) is 1.13. The van der Waals surface area contributed by atoms with Gasteiger partial charge < -0.3 is 14.4 Å². The molecule has 0 saturated carbocycles. The number of rotatable bonds is 8. The number of nitrogens with zero attached hydrogens (tertiary/aromatic N) is 2. The first-order chi connectivity index (χ1) is 13.1. The lowest BCUT2D eigenvalue weighted by molar-refractivity contribution is 0.110. The fourth-order valence-electron chi connectivity index (χ4n) is 3.05. The van der Waals surface area contributed by atoms with Crippen LogP contribution in [0.15, 0.2) is 59.5 Å². The maximum atomic E-state index is 12.9. The molecule has 0 radical (unpaired) electrons. The van der Waals surface area contributed by atoms with Crippen molar-refractivity contribution in [3.05, 3.63) is 54.6 Å². The molecule has 0 N–H and O–H groups in total. The minimum absolute atomic E-state index is 0.299. The van der Waals surface area contributed by atoms with Crippen molar-refractivity contribution in [2.75, 3.05) is 50.9 Å². The fraction of sp³-hybridized carbons (Fsp3) is 0.400. The molecule has 1 fully saturated rings. The number of hydrogen-bond donors (Lipinski definition) is 0. The Labute approximate surface area is 161 Å². The lowest BCUT2D eigenvalue weighted by Crippen LogP contribution is -2.48. The Hall–Kier alpha value is -2.09. The smallest absolute Gasteiger partial charge is 0.243 e. The molecule has 0 atom stereocenters. The predicted molar refractivity (Wildman–Crippen MR) is 106 cm³/mol. The first-order valence-corrected chi connectivity index (χ1v) is 10.7. The molecule has 0 amide bonds. The topological polar surface area (TPSA) is 59.1 Å². The molecule has 2 aromatic carbocycles. The average molecular weight is 391 g/mol. The van der Waals surface area contributed by atoms with Crippen LogP contribution in [-0.2, 0) is 14.8 Å². The summed E-state index contributed by atoms with van der Waals surface area (Å²) in [7, 11) is -3.49. The molecular formula is C20H26N2O4S. The van der Waals surface area contributed by atoms with Crippen molar-refractivity contribution < 1.29 is 17.9 Å². The van der Waals surface area contributed by atoms with Gasteiger partial charge in [-0.25, -0.2) is 8.42 Å². The molecule has 1 saturated heterocycles. The number of benzene rings is 2. The number of ether oxygens (including phenoxy) is 2. The van der Waals surface area contributed by atoms with Crippen LogP contribution >= 0.6 is 0 Å². The number of sulfonamides is 1. The first kappa shape index (κ1) is 19.7. The predicted octanol–water partition coefficient (Wildman–Crippen LogP) is 2.61. The second-order valence-corrected chi connectivity index (χ2v) is 8.18. The lowest BCUT2D eigenvalue weighted by atomic mass is 10.2. The third kappa shape index (κ3) is 5.00. The molecule has 0 bridgehead atoms. The van der Waals surface area contributed by atoms with Crippen molar-refractivity contribution in [1.82, 2.24) is 4.31 Å². The summed E-state index contributed by atoms with van der Waals surface area (Å²) in [6.45, 7) is 5.86. The van der Waals surface area contributed by atoms with E-state index < -0.39 is 10.0 Å². The van der Waals surface area contributed by atoms with Crippen LogP contribution in [0, 0.1) is 0 Å². The summed E-state index contributed by atoms with van der Waals surface area (Å²) in [6, 6.07) is 16.7. The van der Waals surface area contributed by atoms with Crippen molar-refractivity contribution in [2.45, 2.75) is 11.8 Å². The van der Waals surface area contributed by atoms with Gasteiger partial charge in [0.1, 0.15) is 12.4 Å². The summed E-state index contributed by atoms with van der Waals surface area (Å²) < 4.78 is 38.1. The van der Waals surface area contributed by atoms with E-state index in [9.17, 15) is 8.42 Å². The maximum Gasteiger partial charge on any atom is 0.243 e. The Balaban J connectivity index is 1.58. The van der Waals surface area contributed by atoms with Crippen LogP contribution in [0.1, 0.15) is 6.92 Å². The van der Waals surface area contributed by atoms with Crippen LogP contribution in [0.5, 0.6) is 5.75 Å². The molecule has 0 aliphatic carbocycles. The zero-order chi connectivity index (χ0) is 19.1. The van der Waals surface area contributed by atoms with E-state index in [1.807, 2.05) is 25.1 Å². The lowest BCUT2D eigenvalue weighted by Gasteiger charge is -2.35. The summed E-state index contributed by atoms with van der Waals surface area (Å²) in [5.74, 6) is 0.641. The highest BCUT2D eigenvalue weighted by atomic mass is 32.2. The highest BCUT2D eigenvalue weighted by Gasteiger charge is 2.28. The zero-order valence-corrected chi connectivity index (χ0v) is 16.4. The van der Waals surface area contributed by atoms with Gasteiger partial charge in [0, 0.05) is 38.5 Å². The standard InChI is InChI=1S/C20H26N2O4S/c1-2-25-16-17-26-19-8-10-20(11-9-19)27(23,24)22-14-12-21(13-15-22)18-6-4-3-5-7-18/h3-11H,2,12-17H2,1H3. The van der Waals surface area contributed by atoms with E-state index >= 15 is 0 Å². The SMILES string of the molecule is CCOCCOc1ccc(S(=O)(=O)N2CCN(c3ccccc3)CC2)cc1. The molecular weight excluding hydrogens is 364 g/mol. The molecule has 27 heavy (non-hydrogen) atoms. The van der Waals surface area contributed by atoms with Crippen molar-refractivity contribution in [1.29, 1.82) is 0 Å². The van der Waals surface area contributed by atoms with Crippen LogP contribution < -0.4 is 9.64 Å². The van der Waals surface area contributed by atoms with Gasteiger partial charge in [0.2, 0.25) is 10.0 Å². The molecule has 2 aromatic rings. The summed E-state index contributed by atoms with van der Waals surface area (Å²) >= 11 is 0. The number of anilines is 1. The molecule has 0 unspecified atom stereocenters. The molecule has 0 aromatic heterocycles. The highest BCUT2D eigenvalue weighted by Crippen LogP contribution is 2.22. The van der Waals surface area contributed by atoms with Gasteiger partial charge in [0.05, 0.1) is 11.5 Å². The molecule has 1 aliphatic heterocycles. The van der Waals surface area contributed by atoms with Crippen molar-refractivity contribution in [3.8, 4) is 5.75 Å². The molecule has 7 heteroatoms. The number of hydrogen-bond acceptors (Lipinski definition) is 5. The molecule has 6 nitrogen and oxygen atoms in total. The highest BCUT2D eigenvalue weighted by molar-refractivity contribution is 7.89. The third-order valence-electron chi connectivity index (χ3n) is 4.52. The largest absolute Gasteiger partial charge is 0.491 e. The fourth-order valence-corrected chi connectivity index (χ4v) is 4.47. The van der Waals surface area contributed by atoms with Gasteiger partial charge in [-0.2, -0.15) is 4.31 Å². The Morgan fingerprint density at radius 1 is 0.889 bits per heavy atom. The van der Waals surface area contributed by atoms with E-state index in [-0.39, 0.29) is 0 Å². The van der Waals surface area contributed by atoms with Crippen molar-refractivity contribution in [3.63, 3.8) is 0 Å². The van der Waals surface area contributed by atoms with Gasteiger partial charge >= 0.3 is 0 Å². The molecule has 3 rings (SSSR count). The zero-order valence-electron chi connectivity index (χ0n) is 15.6. The molecule has 0 spiro atoms. The Bertz CT molecular complexity index is 802. The Kier molecular flexibility index (Phi) is 6.71. The number of para-hydroxylation sites is 1. The minimum Gasteiger partial charge on any atom is -0.491 e. The first-order valence-electron chi connectivity index (χ1n) is 9.22. The van der Waals surface area contributed by atoms with E-state index in [2.05, 4.69) is 17.0 Å². The molecule has 146 valence electrons. The van der Waals surface area contributed by atoms with E-state index in [4.69, 9.17) is 9.47 Å². The average Bonchev–Trinajstić information content (AvgIpc) is 2.72. The van der Waals surface area contributed by atoms with E-state index in [1.54, 1.807) is 28.6 Å². The summed E-state index contributed by atoms with van der Waals surface area (Å²) in [6.07, 6.45) is 0. The van der Waals surface area contributed by atoms with Crippen LogP contribution in [0.2, 0.25) is 0 Å². The maximum absolute atomic E-state index is 12.9. The summed E-state index contributed by atoms with van der Waals surface area (Å²) in [5, 5.41) is 0. The van der Waals surface area contributed by atoms with E-state index in [1.165, 1.54) is 0 Å². The van der Waals surface area contributed by atoms with Gasteiger partial charge in [0.15, 0.2) is 0 Å². The van der Waals surface area contributed by atoms with Crippen molar-refractivity contribution in [2.24, 2.45) is 0 Å². The second kappa shape index (κ2) is 9.21. The summed E-state index contributed by atoms with van der Waals surface area (Å²) in [4.78, 5) is 2.51. The quantitative estimate of drug-likeness (QED) is 0.649. The molecule has 1 heterocycles. The van der Waals surface area contributed by atoms with E-state index in [0.717, 1.165) is 5.69 Å². The number of piperazine rings is 1. The van der Waals surface area contributed by atoms with Crippen LogP contribution in [0.4, 0.5) is 5.69 Å². The third-order valence-corrected chi connectivity index (χ3v) is 6.43. The van der Waals surface area contributed by atoms with E-state index in [0.29, 0.717) is 56.6 Å². The Morgan fingerprint density at radius 3 is 2.19 bits per heavy atom. The minimum atomic E-state index is -3.49. The normalized spacial score (nSPS) is 15.7. The van der Waals surface area contributed by atoms with Gasteiger partial charge in [-0.1, -0.05) is 18.2 Å². The van der Waals surface area contributed by atoms with Gasteiger partial charge in [-0.3, -0.25) is 0 Å². The van der Waals surface area contributed by atoms with Gasteiger partial charge in [-0.15, -0.1) is 0 Å². The van der Waals surface area contributed by atoms with Gasteiger partial charge in [0.25, 0.3) is 0 Å². The van der Waals surface area contributed by atoms with Crippen LogP contribution in [0.25, 0.3) is 0 Å².